The quantitative estimate of drug-likeness (QED) is 0.882. The van der Waals surface area contributed by atoms with Crippen molar-refractivity contribution < 1.29 is 4.79 Å². The molecule has 1 fully saturated rings. The third kappa shape index (κ3) is 3.56. The normalized spacial score (nSPS) is 18.9. The predicted molar refractivity (Wildman–Crippen MR) is 104 cm³/mol. The zero-order valence-corrected chi connectivity index (χ0v) is 15.8. The highest BCUT2D eigenvalue weighted by Gasteiger charge is 2.22. The van der Waals surface area contributed by atoms with Crippen molar-refractivity contribution >= 4 is 22.8 Å². The van der Waals surface area contributed by atoms with E-state index in [0.717, 1.165) is 55.0 Å². The number of hydrogen-bond donors (Lipinski definition) is 2. The molecule has 1 saturated carbocycles. The van der Waals surface area contributed by atoms with Crippen LogP contribution >= 0.6 is 0 Å². The van der Waals surface area contributed by atoms with Crippen LogP contribution in [-0.2, 0) is 13.1 Å². The number of nitrogens with one attached hydrogen (secondary N) is 2. The molecule has 0 bridgehead atoms. The van der Waals surface area contributed by atoms with Crippen LogP contribution in [0.1, 0.15) is 51.8 Å². The SMILES string of the molecule is CC(C)N1CCn2c(nc3cc(NC(=O)NC4CCCCC4)ccc32)C1. The van der Waals surface area contributed by atoms with Crippen molar-refractivity contribution in [1.29, 1.82) is 0 Å². The average molecular weight is 355 g/mol. The number of fused-ring (bicyclic) bond motifs is 3. The topological polar surface area (TPSA) is 62.2 Å². The Bertz CT molecular complexity index is 791. The average Bonchev–Trinajstić information content (AvgIpc) is 2.99. The van der Waals surface area contributed by atoms with Crippen LogP contribution in [0.4, 0.5) is 10.5 Å². The molecule has 2 aliphatic rings. The molecule has 2 amide bonds. The minimum absolute atomic E-state index is 0.105. The number of imidazole rings is 1. The number of rotatable bonds is 3. The second kappa shape index (κ2) is 7.27. The molecule has 6 nitrogen and oxygen atoms in total. The lowest BCUT2D eigenvalue weighted by Gasteiger charge is -2.30. The van der Waals surface area contributed by atoms with Crippen LogP contribution in [0, 0.1) is 0 Å². The number of carbonyl (C=O) groups is 1. The van der Waals surface area contributed by atoms with Gasteiger partial charge in [-0.25, -0.2) is 9.78 Å². The first-order chi connectivity index (χ1) is 12.6. The van der Waals surface area contributed by atoms with Gasteiger partial charge in [-0.3, -0.25) is 4.90 Å². The molecular weight excluding hydrogens is 326 g/mol. The Labute approximate surface area is 155 Å². The standard InChI is InChI=1S/C20H29N5O/c1-14(2)24-10-11-25-18-9-8-16(12-17(18)23-19(25)13-24)22-20(26)21-15-6-4-3-5-7-15/h8-9,12,14-15H,3-7,10-11,13H2,1-2H3,(H2,21,22,26). The van der Waals surface area contributed by atoms with Gasteiger partial charge in [0.15, 0.2) is 0 Å². The number of amides is 2. The second-order valence-electron chi connectivity index (χ2n) is 7.88. The molecule has 6 heteroatoms. The molecule has 0 unspecified atom stereocenters. The number of hydrogen-bond acceptors (Lipinski definition) is 3. The second-order valence-corrected chi connectivity index (χ2v) is 7.88. The van der Waals surface area contributed by atoms with Crippen molar-refractivity contribution in [2.45, 2.75) is 71.1 Å². The first kappa shape index (κ1) is 17.3. The molecule has 2 N–H and O–H groups in total. The number of benzene rings is 1. The van der Waals surface area contributed by atoms with Crippen LogP contribution in [0.15, 0.2) is 18.2 Å². The Morgan fingerprint density at radius 1 is 1.19 bits per heavy atom. The Morgan fingerprint density at radius 3 is 2.77 bits per heavy atom. The maximum atomic E-state index is 12.3. The van der Waals surface area contributed by atoms with Crippen molar-refractivity contribution in [1.82, 2.24) is 19.8 Å². The smallest absolute Gasteiger partial charge is 0.319 e. The summed E-state index contributed by atoms with van der Waals surface area (Å²) in [5.41, 5.74) is 2.92. The molecular formula is C20H29N5O. The first-order valence-electron chi connectivity index (χ1n) is 9.91. The lowest BCUT2D eigenvalue weighted by atomic mass is 9.96. The zero-order valence-electron chi connectivity index (χ0n) is 15.8. The number of carbonyl (C=O) groups excluding carboxylic acids is 1. The highest BCUT2D eigenvalue weighted by atomic mass is 16.2. The third-order valence-electron chi connectivity index (χ3n) is 5.71. The van der Waals surface area contributed by atoms with Gasteiger partial charge in [0.2, 0.25) is 0 Å². The van der Waals surface area contributed by atoms with E-state index in [1.807, 2.05) is 12.1 Å². The van der Waals surface area contributed by atoms with Gasteiger partial charge in [0.1, 0.15) is 5.82 Å². The molecule has 1 aliphatic heterocycles. The van der Waals surface area contributed by atoms with Crippen LogP contribution in [-0.4, -0.2) is 39.1 Å². The van der Waals surface area contributed by atoms with Crippen molar-refractivity contribution in [2.75, 3.05) is 11.9 Å². The van der Waals surface area contributed by atoms with E-state index in [4.69, 9.17) is 4.98 Å². The lowest BCUT2D eigenvalue weighted by Crippen LogP contribution is -2.39. The van der Waals surface area contributed by atoms with Gasteiger partial charge in [-0.2, -0.15) is 0 Å². The van der Waals surface area contributed by atoms with Crippen LogP contribution in [0.25, 0.3) is 11.0 Å². The molecule has 26 heavy (non-hydrogen) atoms. The summed E-state index contributed by atoms with van der Waals surface area (Å²) in [7, 11) is 0. The van der Waals surface area contributed by atoms with E-state index in [2.05, 4.69) is 40.0 Å². The minimum Gasteiger partial charge on any atom is -0.335 e. The van der Waals surface area contributed by atoms with Gasteiger partial charge in [-0.15, -0.1) is 0 Å². The fraction of sp³-hybridized carbons (Fsp3) is 0.600. The molecule has 1 aromatic carbocycles. The summed E-state index contributed by atoms with van der Waals surface area (Å²) in [6.07, 6.45) is 5.89. The summed E-state index contributed by atoms with van der Waals surface area (Å²) in [6, 6.07) is 6.78. The number of nitrogens with zero attached hydrogens (tertiary/aromatic N) is 3. The van der Waals surface area contributed by atoms with Crippen molar-refractivity contribution in [3.63, 3.8) is 0 Å². The molecule has 0 saturated heterocycles. The minimum atomic E-state index is -0.105. The van der Waals surface area contributed by atoms with E-state index in [1.165, 1.54) is 19.3 Å². The number of urea groups is 1. The Hall–Kier alpha value is -2.08. The van der Waals surface area contributed by atoms with Crippen LogP contribution < -0.4 is 10.6 Å². The molecule has 0 spiro atoms. The highest BCUT2D eigenvalue weighted by molar-refractivity contribution is 5.92. The van der Waals surface area contributed by atoms with Gasteiger partial charge in [0.25, 0.3) is 0 Å². The fourth-order valence-electron chi connectivity index (χ4n) is 4.16. The van der Waals surface area contributed by atoms with E-state index >= 15 is 0 Å². The molecule has 4 rings (SSSR count). The van der Waals surface area contributed by atoms with Gasteiger partial charge in [0, 0.05) is 30.9 Å². The maximum absolute atomic E-state index is 12.3. The molecule has 2 aromatic rings. The zero-order chi connectivity index (χ0) is 18.1. The molecule has 1 aliphatic carbocycles. The summed E-state index contributed by atoms with van der Waals surface area (Å²) in [5, 5.41) is 6.08. The van der Waals surface area contributed by atoms with Crippen molar-refractivity contribution in [3.8, 4) is 0 Å². The van der Waals surface area contributed by atoms with Crippen molar-refractivity contribution in [3.05, 3.63) is 24.0 Å². The predicted octanol–water partition coefficient (Wildman–Crippen LogP) is 3.71. The van der Waals surface area contributed by atoms with Crippen LogP contribution in [0.2, 0.25) is 0 Å². The molecule has 2 heterocycles. The summed E-state index contributed by atoms with van der Waals surface area (Å²) >= 11 is 0. The monoisotopic (exact) mass is 355 g/mol. The fourth-order valence-corrected chi connectivity index (χ4v) is 4.16. The lowest BCUT2D eigenvalue weighted by molar-refractivity contribution is 0.175. The van der Waals surface area contributed by atoms with Gasteiger partial charge >= 0.3 is 6.03 Å². The Balaban J connectivity index is 1.47. The highest BCUT2D eigenvalue weighted by Crippen LogP contribution is 2.24. The summed E-state index contributed by atoms with van der Waals surface area (Å²) in [6.45, 7) is 7.37. The summed E-state index contributed by atoms with van der Waals surface area (Å²) in [5.74, 6) is 1.11. The molecule has 140 valence electrons. The van der Waals surface area contributed by atoms with E-state index < -0.39 is 0 Å². The largest absolute Gasteiger partial charge is 0.335 e. The number of aromatic nitrogens is 2. The van der Waals surface area contributed by atoms with Gasteiger partial charge in [0.05, 0.1) is 17.6 Å². The Morgan fingerprint density at radius 2 is 2.00 bits per heavy atom. The van der Waals surface area contributed by atoms with E-state index in [9.17, 15) is 4.79 Å². The Kier molecular flexibility index (Phi) is 4.85. The summed E-state index contributed by atoms with van der Waals surface area (Å²) in [4.78, 5) is 19.5. The summed E-state index contributed by atoms with van der Waals surface area (Å²) < 4.78 is 2.31. The molecule has 0 radical (unpaired) electrons. The number of anilines is 1. The van der Waals surface area contributed by atoms with E-state index in [-0.39, 0.29) is 6.03 Å². The van der Waals surface area contributed by atoms with Crippen LogP contribution in [0.5, 0.6) is 0 Å². The van der Waals surface area contributed by atoms with Gasteiger partial charge < -0.3 is 15.2 Å². The van der Waals surface area contributed by atoms with Gasteiger partial charge in [-0.05, 0) is 44.9 Å². The van der Waals surface area contributed by atoms with E-state index in [0.29, 0.717) is 12.1 Å². The van der Waals surface area contributed by atoms with Gasteiger partial charge in [-0.1, -0.05) is 19.3 Å². The van der Waals surface area contributed by atoms with E-state index in [1.54, 1.807) is 0 Å². The molecule has 1 aromatic heterocycles. The first-order valence-corrected chi connectivity index (χ1v) is 9.91. The maximum Gasteiger partial charge on any atom is 0.319 e. The van der Waals surface area contributed by atoms with Crippen LogP contribution in [0.3, 0.4) is 0 Å². The van der Waals surface area contributed by atoms with Crippen molar-refractivity contribution in [2.24, 2.45) is 0 Å². The third-order valence-corrected chi connectivity index (χ3v) is 5.71. The molecule has 0 atom stereocenters.